The Morgan fingerprint density at radius 1 is 1.17 bits per heavy atom. The maximum Gasteiger partial charge on any atom is 0.268 e. The maximum absolute atomic E-state index is 11.2. The van der Waals surface area contributed by atoms with Gasteiger partial charge in [0, 0.05) is 37.6 Å². The Morgan fingerprint density at radius 2 is 1.92 bits per heavy atom. The Kier molecular flexibility index (Phi) is 4.24. The van der Waals surface area contributed by atoms with Gasteiger partial charge in [0.15, 0.2) is 5.13 Å². The van der Waals surface area contributed by atoms with Crippen molar-refractivity contribution in [1.82, 2.24) is 9.88 Å². The molecule has 0 saturated carbocycles. The van der Waals surface area contributed by atoms with Gasteiger partial charge in [-0.2, -0.15) is 0 Å². The van der Waals surface area contributed by atoms with E-state index in [-0.39, 0.29) is 0 Å². The van der Waals surface area contributed by atoms with E-state index in [4.69, 9.17) is 5.73 Å². The minimum atomic E-state index is -0.447. The third-order valence-electron chi connectivity index (χ3n) is 5.17. The van der Waals surface area contributed by atoms with Crippen molar-refractivity contribution in [3.8, 4) is 0 Å². The number of rotatable bonds is 3. The molecule has 5 nitrogen and oxygen atoms in total. The van der Waals surface area contributed by atoms with Gasteiger partial charge < -0.3 is 10.6 Å². The number of hydrogen-bond acceptors (Lipinski definition) is 5. The van der Waals surface area contributed by atoms with Crippen LogP contribution in [-0.4, -0.2) is 48.0 Å². The summed E-state index contributed by atoms with van der Waals surface area (Å²) in [7, 11) is 0. The van der Waals surface area contributed by atoms with Crippen LogP contribution in [-0.2, 0) is 12.8 Å². The molecule has 0 spiro atoms. The zero-order chi connectivity index (χ0) is 16.5. The van der Waals surface area contributed by atoms with Gasteiger partial charge in [0.2, 0.25) is 0 Å². The largest absolute Gasteiger partial charge is 0.364 e. The number of fused-ring (bicyclic) bond motifs is 1. The zero-order valence-corrected chi connectivity index (χ0v) is 14.5. The van der Waals surface area contributed by atoms with Crippen molar-refractivity contribution in [2.45, 2.75) is 25.3 Å². The van der Waals surface area contributed by atoms with Gasteiger partial charge in [-0.15, -0.1) is 11.3 Å². The van der Waals surface area contributed by atoms with Gasteiger partial charge in [-0.3, -0.25) is 9.69 Å². The molecule has 1 aromatic heterocycles. The first kappa shape index (κ1) is 15.6. The number of carbonyl (C=O) groups excluding carboxylic acids is 1. The van der Waals surface area contributed by atoms with E-state index in [1.165, 1.54) is 41.7 Å². The van der Waals surface area contributed by atoms with Crippen molar-refractivity contribution < 1.29 is 4.79 Å². The van der Waals surface area contributed by atoms with Crippen LogP contribution in [0.15, 0.2) is 29.6 Å². The highest BCUT2D eigenvalue weighted by atomic mass is 32.1. The molecule has 2 heterocycles. The first-order valence-corrected chi connectivity index (χ1v) is 9.40. The van der Waals surface area contributed by atoms with Crippen LogP contribution in [0.1, 0.15) is 28.0 Å². The van der Waals surface area contributed by atoms with Crippen LogP contribution in [0.4, 0.5) is 5.13 Å². The number of carbonyl (C=O) groups is 1. The number of thiazole rings is 1. The fraction of sp³-hybridized carbons (Fsp3) is 0.444. The predicted octanol–water partition coefficient (Wildman–Crippen LogP) is 1.92. The van der Waals surface area contributed by atoms with E-state index in [1.807, 2.05) is 0 Å². The van der Waals surface area contributed by atoms with E-state index in [0.29, 0.717) is 11.7 Å². The monoisotopic (exact) mass is 342 g/mol. The van der Waals surface area contributed by atoms with E-state index in [0.717, 1.165) is 31.3 Å². The van der Waals surface area contributed by atoms with Crippen molar-refractivity contribution in [3.05, 3.63) is 46.5 Å². The van der Waals surface area contributed by atoms with Crippen LogP contribution in [0.3, 0.4) is 0 Å². The number of nitrogens with zero attached hydrogens (tertiary/aromatic N) is 3. The fourth-order valence-corrected chi connectivity index (χ4v) is 4.66. The van der Waals surface area contributed by atoms with Crippen LogP contribution in [0.25, 0.3) is 0 Å². The molecule has 1 fully saturated rings. The van der Waals surface area contributed by atoms with Crippen molar-refractivity contribution in [2.24, 2.45) is 5.73 Å². The summed E-state index contributed by atoms with van der Waals surface area (Å²) in [6, 6.07) is 9.49. The molecule has 0 unspecified atom stereocenters. The van der Waals surface area contributed by atoms with Gasteiger partial charge in [-0.05, 0) is 30.4 Å². The summed E-state index contributed by atoms with van der Waals surface area (Å²) in [5.74, 6) is -0.447. The summed E-state index contributed by atoms with van der Waals surface area (Å²) in [5.41, 5.74) is 8.71. The molecule has 1 atom stereocenters. The van der Waals surface area contributed by atoms with Crippen molar-refractivity contribution in [1.29, 1.82) is 0 Å². The molecule has 24 heavy (non-hydrogen) atoms. The lowest BCUT2D eigenvalue weighted by molar-refractivity contribution is 0.0996. The fourth-order valence-electron chi connectivity index (χ4n) is 3.79. The van der Waals surface area contributed by atoms with Crippen molar-refractivity contribution in [2.75, 3.05) is 31.1 Å². The second-order valence-electron chi connectivity index (χ2n) is 6.57. The molecule has 4 rings (SSSR count). The van der Waals surface area contributed by atoms with Crippen LogP contribution >= 0.6 is 11.3 Å². The summed E-state index contributed by atoms with van der Waals surface area (Å²) in [6.45, 7) is 4.03. The molecule has 2 aliphatic rings. The van der Waals surface area contributed by atoms with Crippen LogP contribution in [0.5, 0.6) is 0 Å². The summed E-state index contributed by atoms with van der Waals surface area (Å²) in [6.07, 6.45) is 3.61. The Bertz CT molecular complexity index is 736. The maximum atomic E-state index is 11.2. The zero-order valence-electron chi connectivity index (χ0n) is 13.6. The quantitative estimate of drug-likeness (QED) is 0.926. The standard InChI is InChI=1S/C18H22N4OS/c19-17(23)16-12-24-18(20-16)22-9-7-21(8-10-22)15-6-5-13-3-1-2-4-14(13)11-15/h1-4,12,15H,5-11H2,(H2,19,23)/t15-/m1/s1. The van der Waals surface area contributed by atoms with Gasteiger partial charge in [0.1, 0.15) is 5.69 Å². The number of anilines is 1. The second kappa shape index (κ2) is 6.53. The molecule has 2 N–H and O–H groups in total. The molecule has 126 valence electrons. The Hall–Kier alpha value is -1.92. The second-order valence-corrected chi connectivity index (χ2v) is 7.40. The van der Waals surface area contributed by atoms with Gasteiger partial charge >= 0.3 is 0 Å². The number of piperazine rings is 1. The molecule has 6 heteroatoms. The Morgan fingerprint density at radius 3 is 2.62 bits per heavy atom. The predicted molar refractivity (Wildman–Crippen MR) is 96.7 cm³/mol. The molecule has 0 bridgehead atoms. The minimum absolute atomic E-state index is 0.376. The number of nitrogens with two attached hydrogens (primary N) is 1. The SMILES string of the molecule is NC(=O)c1csc(N2CCN([C@@H]3CCc4ccccc4C3)CC2)n1. The average Bonchev–Trinajstić information content (AvgIpc) is 3.12. The first-order valence-electron chi connectivity index (χ1n) is 8.52. The molecule has 1 amide bonds. The van der Waals surface area contributed by atoms with E-state index >= 15 is 0 Å². The third-order valence-corrected chi connectivity index (χ3v) is 6.07. The molecule has 1 aromatic carbocycles. The Labute approximate surface area is 146 Å². The van der Waals surface area contributed by atoms with E-state index < -0.39 is 5.91 Å². The average molecular weight is 342 g/mol. The van der Waals surface area contributed by atoms with Gasteiger partial charge in [0.25, 0.3) is 5.91 Å². The third kappa shape index (κ3) is 3.03. The molecular formula is C18H22N4OS. The molecule has 1 saturated heterocycles. The van der Waals surface area contributed by atoms with E-state index in [2.05, 4.69) is 39.0 Å². The summed E-state index contributed by atoms with van der Waals surface area (Å²) < 4.78 is 0. The van der Waals surface area contributed by atoms with Crippen molar-refractivity contribution in [3.63, 3.8) is 0 Å². The number of hydrogen-bond donors (Lipinski definition) is 1. The Balaban J connectivity index is 1.37. The smallest absolute Gasteiger partial charge is 0.268 e. The number of amides is 1. The lowest BCUT2D eigenvalue weighted by atomic mass is 9.87. The highest BCUT2D eigenvalue weighted by Crippen LogP contribution is 2.27. The normalized spacial score (nSPS) is 21.5. The summed E-state index contributed by atoms with van der Waals surface area (Å²) in [4.78, 5) is 20.4. The van der Waals surface area contributed by atoms with Crippen LogP contribution < -0.4 is 10.6 Å². The molecular weight excluding hydrogens is 320 g/mol. The van der Waals surface area contributed by atoms with Gasteiger partial charge in [0.05, 0.1) is 0 Å². The summed E-state index contributed by atoms with van der Waals surface area (Å²) >= 11 is 1.51. The van der Waals surface area contributed by atoms with E-state index in [9.17, 15) is 4.79 Å². The molecule has 1 aliphatic heterocycles. The van der Waals surface area contributed by atoms with E-state index in [1.54, 1.807) is 5.38 Å². The number of aromatic nitrogens is 1. The lowest BCUT2D eigenvalue weighted by Gasteiger charge is -2.41. The van der Waals surface area contributed by atoms with Gasteiger partial charge in [-0.25, -0.2) is 4.98 Å². The highest BCUT2D eigenvalue weighted by Gasteiger charge is 2.28. The lowest BCUT2D eigenvalue weighted by Crippen LogP contribution is -2.51. The summed E-state index contributed by atoms with van der Waals surface area (Å²) in [5, 5.41) is 2.67. The number of primary amides is 1. The van der Waals surface area contributed by atoms with Crippen LogP contribution in [0.2, 0.25) is 0 Å². The van der Waals surface area contributed by atoms with Gasteiger partial charge in [-0.1, -0.05) is 24.3 Å². The minimum Gasteiger partial charge on any atom is -0.364 e. The van der Waals surface area contributed by atoms with Crippen LogP contribution in [0, 0.1) is 0 Å². The molecule has 2 aromatic rings. The number of aryl methyl sites for hydroxylation is 1. The first-order chi connectivity index (χ1) is 11.7. The molecule has 1 aliphatic carbocycles. The highest BCUT2D eigenvalue weighted by molar-refractivity contribution is 7.13. The molecule has 0 radical (unpaired) electrons. The van der Waals surface area contributed by atoms with Crippen molar-refractivity contribution >= 4 is 22.4 Å². The number of benzene rings is 1. The topological polar surface area (TPSA) is 62.5 Å².